The van der Waals surface area contributed by atoms with E-state index >= 15 is 0 Å². The summed E-state index contributed by atoms with van der Waals surface area (Å²) in [5.74, 6) is 0. The van der Waals surface area contributed by atoms with Gasteiger partial charge in [-0.25, -0.2) is 0 Å². The summed E-state index contributed by atoms with van der Waals surface area (Å²) in [6.07, 6.45) is 12.6. The van der Waals surface area contributed by atoms with Crippen molar-refractivity contribution in [2.45, 2.75) is 63.8 Å². The molecule has 1 atom stereocenters. The van der Waals surface area contributed by atoms with E-state index in [1.807, 2.05) is 0 Å². The van der Waals surface area contributed by atoms with Crippen LogP contribution in [0.25, 0.3) is 0 Å². The Bertz CT molecular complexity index is 211. The molecule has 2 nitrogen and oxygen atoms in total. The second kappa shape index (κ2) is 11.1. The molecule has 3 heteroatoms. The van der Waals surface area contributed by atoms with Crippen molar-refractivity contribution in [2.24, 2.45) is 0 Å². The van der Waals surface area contributed by atoms with E-state index in [2.05, 4.69) is 39.8 Å². The first kappa shape index (κ1) is 17.5. The van der Waals surface area contributed by atoms with Crippen LogP contribution >= 0.6 is 15.9 Å². The van der Waals surface area contributed by atoms with Crippen LogP contribution in [0, 0.1) is 0 Å². The Kier molecular flexibility index (Phi) is 10.2. The highest BCUT2D eigenvalue weighted by atomic mass is 79.9. The van der Waals surface area contributed by atoms with Crippen molar-refractivity contribution < 1.29 is 0 Å². The lowest BCUT2D eigenvalue weighted by molar-refractivity contribution is 0.217. The molecule has 1 rings (SSSR count). The number of unbranched alkanes of at least 4 members (excludes halogenated alkanes) is 6. The van der Waals surface area contributed by atoms with Crippen LogP contribution < -0.4 is 0 Å². The molecular formula is C16H33BrN2. The largest absolute Gasteiger partial charge is 0.305 e. The summed E-state index contributed by atoms with van der Waals surface area (Å²) < 4.78 is 0. The molecule has 0 saturated carbocycles. The van der Waals surface area contributed by atoms with Crippen molar-refractivity contribution in [3.63, 3.8) is 0 Å². The van der Waals surface area contributed by atoms with E-state index < -0.39 is 0 Å². The van der Waals surface area contributed by atoms with Crippen LogP contribution in [-0.4, -0.2) is 54.9 Å². The summed E-state index contributed by atoms with van der Waals surface area (Å²) in [6, 6.07) is 0.814. The molecule has 0 aromatic carbocycles. The Hall–Kier alpha value is 0.400. The normalized spacial score (nSPS) is 20.5. The zero-order chi connectivity index (χ0) is 13.9. The van der Waals surface area contributed by atoms with Crippen LogP contribution in [0.3, 0.4) is 0 Å². The SMILES string of the molecule is CN(CCCCCCCCCBr)CC1CCCN1C. The van der Waals surface area contributed by atoms with Gasteiger partial charge >= 0.3 is 0 Å². The summed E-state index contributed by atoms with van der Waals surface area (Å²) in [7, 11) is 4.57. The number of alkyl halides is 1. The summed E-state index contributed by atoms with van der Waals surface area (Å²) in [5, 5.41) is 1.17. The molecule has 0 bridgehead atoms. The lowest BCUT2D eigenvalue weighted by Crippen LogP contribution is -2.36. The van der Waals surface area contributed by atoms with Crippen molar-refractivity contribution >= 4 is 15.9 Å². The zero-order valence-electron chi connectivity index (χ0n) is 13.0. The minimum Gasteiger partial charge on any atom is -0.305 e. The minimum absolute atomic E-state index is 0.814. The summed E-state index contributed by atoms with van der Waals surface area (Å²) in [6.45, 7) is 3.85. The number of hydrogen-bond acceptors (Lipinski definition) is 2. The Morgan fingerprint density at radius 2 is 1.68 bits per heavy atom. The van der Waals surface area contributed by atoms with Gasteiger partial charge in [0.15, 0.2) is 0 Å². The first-order valence-corrected chi connectivity index (χ1v) is 9.31. The monoisotopic (exact) mass is 332 g/mol. The Morgan fingerprint density at radius 1 is 1.05 bits per heavy atom. The standard InChI is InChI=1S/C16H33BrN2/c1-18(15-16-11-10-14-19(16)2)13-9-7-5-3-4-6-8-12-17/h16H,3-15H2,1-2H3. The number of rotatable bonds is 11. The van der Waals surface area contributed by atoms with E-state index in [0.29, 0.717) is 0 Å². The predicted molar refractivity (Wildman–Crippen MR) is 89.3 cm³/mol. The molecule has 0 spiro atoms. The van der Waals surface area contributed by atoms with Crippen molar-refractivity contribution in [1.29, 1.82) is 0 Å². The third kappa shape index (κ3) is 8.31. The minimum atomic E-state index is 0.814. The van der Waals surface area contributed by atoms with Gasteiger partial charge in [0.2, 0.25) is 0 Å². The first-order chi connectivity index (χ1) is 9.24. The molecule has 0 N–H and O–H groups in total. The third-order valence-corrected chi connectivity index (χ3v) is 4.93. The van der Waals surface area contributed by atoms with Gasteiger partial charge in [0, 0.05) is 17.9 Å². The van der Waals surface area contributed by atoms with Crippen LogP contribution in [0.15, 0.2) is 0 Å². The van der Waals surface area contributed by atoms with Gasteiger partial charge in [-0.15, -0.1) is 0 Å². The maximum absolute atomic E-state index is 3.49. The molecule has 1 heterocycles. The van der Waals surface area contributed by atoms with E-state index in [9.17, 15) is 0 Å². The number of nitrogens with zero attached hydrogens (tertiary/aromatic N) is 2. The lowest BCUT2D eigenvalue weighted by atomic mass is 10.1. The van der Waals surface area contributed by atoms with Gasteiger partial charge in [-0.2, -0.15) is 0 Å². The molecule has 114 valence electrons. The third-order valence-electron chi connectivity index (χ3n) is 4.37. The summed E-state index contributed by atoms with van der Waals surface area (Å²) in [5.41, 5.74) is 0. The second-order valence-corrected chi connectivity index (χ2v) is 7.00. The molecule has 1 fully saturated rings. The number of halogens is 1. The smallest absolute Gasteiger partial charge is 0.0220 e. The van der Waals surface area contributed by atoms with Crippen LogP contribution in [0.4, 0.5) is 0 Å². The molecule has 0 aromatic heterocycles. The van der Waals surface area contributed by atoms with Crippen molar-refractivity contribution in [1.82, 2.24) is 9.80 Å². The Morgan fingerprint density at radius 3 is 2.26 bits per heavy atom. The number of likely N-dealkylation sites (tertiary alicyclic amines) is 1. The van der Waals surface area contributed by atoms with E-state index in [4.69, 9.17) is 0 Å². The molecule has 0 radical (unpaired) electrons. The van der Waals surface area contributed by atoms with Crippen LogP contribution in [0.1, 0.15) is 57.8 Å². The average molecular weight is 333 g/mol. The molecule has 1 aliphatic heterocycles. The van der Waals surface area contributed by atoms with Crippen molar-refractivity contribution in [3.8, 4) is 0 Å². The average Bonchev–Trinajstić information content (AvgIpc) is 2.78. The van der Waals surface area contributed by atoms with E-state index in [0.717, 1.165) is 6.04 Å². The maximum Gasteiger partial charge on any atom is 0.0220 e. The zero-order valence-corrected chi connectivity index (χ0v) is 14.6. The summed E-state index contributed by atoms with van der Waals surface area (Å²) in [4.78, 5) is 5.07. The molecule has 0 amide bonds. The fraction of sp³-hybridized carbons (Fsp3) is 1.00. The van der Waals surface area contributed by atoms with E-state index in [1.165, 1.54) is 82.8 Å². The van der Waals surface area contributed by atoms with Crippen LogP contribution in [-0.2, 0) is 0 Å². The van der Waals surface area contributed by atoms with Crippen LogP contribution in [0.5, 0.6) is 0 Å². The number of hydrogen-bond donors (Lipinski definition) is 0. The van der Waals surface area contributed by atoms with Crippen molar-refractivity contribution in [2.75, 3.05) is 39.1 Å². The van der Waals surface area contributed by atoms with Crippen LogP contribution in [0.2, 0.25) is 0 Å². The topological polar surface area (TPSA) is 6.48 Å². The van der Waals surface area contributed by atoms with Gasteiger partial charge in [0.1, 0.15) is 0 Å². The van der Waals surface area contributed by atoms with Gasteiger partial charge in [0.25, 0.3) is 0 Å². The molecule has 1 saturated heterocycles. The van der Waals surface area contributed by atoms with E-state index in [-0.39, 0.29) is 0 Å². The fourth-order valence-electron chi connectivity index (χ4n) is 3.02. The summed E-state index contributed by atoms with van der Waals surface area (Å²) >= 11 is 3.49. The van der Waals surface area contributed by atoms with Gasteiger partial charge in [-0.3, -0.25) is 0 Å². The predicted octanol–water partition coefficient (Wildman–Crippen LogP) is 4.14. The molecular weight excluding hydrogens is 300 g/mol. The quantitative estimate of drug-likeness (QED) is 0.414. The van der Waals surface area contributed by atoms with Gasteiger partial charge in [-0.1, -0.05) is 48.0 Å². The molecule has 1 aliphatic rings. The lowest BCUT2D eigenvalue weighted by Gasteiger charge is -2.25. The van der Waals surface area contributed by atoms with Crippen molar-refractivity contribution in [3.05, 3.63) is 0 Å². The number of likely N-dealkylation sites (N-methyl/N-ethyl adjacent to an activating group) is 2. The highest BCUT2D eigenvalue weighted by Gasteiger charge is 2.21. The molecule has 1 unspecified atom stereocenters. The molecule has 0 aromatic rings. The van der Waals surface area contributed by atoms with Gasteiger partial charge in [-0.05, 0) is 52.9 Å². The molecule has 0 aliphatic carbocycles. The van der Waals surface area contributed by atoms with Gasteiger partial charge in [0.05, 0.1) is 0 Å². The first-order valence-electron chi connectivity index (χ1n) is 8.19. The van der Waals surface area contributed by atoms with Gasteiger partial charge < -0.3 is 9.80 Å². The Balaban J connectivity index is 1.88. The molecule has 19 heavy (non-hydrogen) atoms. The fourth-order valence-corrected chi connectivity index (χ4v) is 3.42. The second-order valence-electron chi connectivity index (χ2n) is 6.20. The highest BCUT2D eigenvalue weighted by Crippen LogP contribution is 2.15. The maximum atomic E-state index is 3.49. The Labute approximate surface area is 129 Å². The highest BCUT2D eigenvalue weighted by molar-refractivity contribution is 9.09. The van der Waals surface area contributed by atoms with E-state index in [1.54, 1.807) is 0 Å².